The molecule has 0 amide bonds. The summed E-state index contributed by atoms with van der Waals surface area (Å²) in [6, 6.07) is 82.8. The highest BCUT2D eigenvalue weighted by Gasteiger charge is 2.51. The van der Waals surface area contributed by atoms with E-state index in [2.05, 4.69) is 218 Å². The molecule has 14 rings (SSSR count). The normalized spacial score (nSPS) is 13.4. The van der Waals surface area contributed by atoms with Crippen molar-refractivity contribution in [1.29, 1.82) is 0 Å². The molecule has 0 fully saturated rings. The number of benzene rings is 12. The molecule has 12 aromatic rings. The SMILES string of the molecule is c1ccc2c(c1)-c1ccccc1C21c2ccccc2-c2cc3c(-c4ccc5cc6ccccc6cc5c4)c4ccccc4c(-c4ccc5cc6ccccc6cc5c4)c3cc21. The topological polar surface area (TPSA) is 0 Å². The molecular weight excluding hydrogens is 733 g/mol. The summed E-state index contributed by atoms with van der Waals surface area (Å²) in [5, 5.41) is 15.2. The summed E-state index contributed by atoms with van der Waals surface area (Å²) in [5.41, 5.74) is 15.3. The fourth-order valence-electron chi connectivity index (χ4n) is 11.6. The first-order valence-electron chi connectivity index (χ1n) is 21.4. The second-order valence-corrected chi connectivity index (χ2v) is 17.1. The van der Waals surface area contributed by atoms with Crippen molar-refractivity contribution in [2.75, 3.05) is 0 Å². The van der Waals surface area contributed by atoms with Gasteiger partial charge in [0, 0.05) is 0 Å². The minimum atomic E-state index is -0.442. The van der Waals surface area contributed by atoms with E-state index < -0.39 is 5.41 Å². The Morgan fingerprint density at radius 1 is 0.213 bits per heavy atom. The lowest BCUT2D eigenvalue weighted by atomic mass is 9.70. The summed E-state index contributed by atoms with van der Waals surface area (Å²) in [7, 11) is 0. The molecule has 61 heavy (non-hydrogen) atoms. The maximum Gasteiger partial charge on any atom is 0.0725 e. The van der Waals surface area contributed by atoms with Crippen LogP contribution in [0.25, 0.3) is 109 Å². The highest BCUT2D eigenvalue weighted by atomic mass is 14.5. The molecule has 0 atom stereocenters. The van der Waals surface area contributed by atoms with E-state index in [1.807, 2.05) is 0 Å². The van der Waals surface area contributed by atoms with Crippen LogP contribution in [0, 0.1) is 0 Å². The molecule has 12 aromatic carbocycles. The fraction of sp³-hybridized carbons (Fsp3) is 0.0164. The third-order valence-electron chi connectivity index (χ3n) is 14.1. The zero-order valence-electron chi connectivity index (χ0n) is 33.3. The van der Waals surface area contributed by atoms with Crippen LogP contribution in [0.2, 0.25) is 0 Å². The number of hydrogen-bond acceptors (Lipinski definition) is 0. The number of rotatable bonds is 2. The van der Waals surface area contributed by atoms with Crippen molar-refractivity contribution in [3.63, 3.8) is 0 Å². The second kappa shape index (κ2) is 12.1. The van der Waals surface area contributed by atoms with Crippen molar-refractivity contribution in [2.24, 2.45) is 0 Å². The largest absolute Gasteiger partial charge is 0.0725 e. The Balaban J connectivity index is 1.15. The van der Waals surface area contributed by atoms with Crippen LogP contribution in [-0.2, 0) is 5.41 Å². The van der Waals surface area contributed by atoms with Crippen molar-refractivity contribution >= 4 is 64.6 Å². The highest BCUT2D eigenvalue weighted by Crippen LogP contribution is 2.64. The van der Waals surface area contributed by atoms with Gasteiger partial charge in [0.25, 0.3) is 0 Å². The third kappa shape index (κ3) is 4.44. The maximum atomic E-state index is 2.61. The van der Waals surface area contributed by atoms with Crippen LogP contribution < -0.4 is 0 Å². The van der Waals surface area contributed by atoms with Gasteiger partial charge >= 0.3 is 0 Å². The molecule has 0 aromatic heterocycles. The molecule has 1 spiro atoms. The average Bonchev–Trinajstić information content (AvgIpc) is 3.78. The maximum absolute atomic E-state index is 2.61. The Labute approximate surface area is 353 Å². The van der Waals surface area contributed by atoms with Gasteiger partial charge in [0.1, 0.15) is 0 Å². The van der Waals surface area contributed by atoms with E-state index in [0.29, 0.717) is 0 Å². The van der Waals surface area contributed by atoms with Crippen LogP contribution in [0.1, 0.15) is 22.3 Å². The summed E-state index contributed by atoms with van der Waals surface area (Å²) in [4.78, 5) is 0. The van der Waals surface area contributed by atoms with Crippen molar-refractivity contribution in [3.8, 4) is 44.5 Å². The van der Waals surface area contributed by atoms with Gasteiger partial charge in [-0.2, -0.15) is 0 Å². The molecule has 0 bridgehead atoms. The molecule has 0 N–H and O–H groups in total. The predicted molar refractivity (Wildman–Crippen MR) is 259 cm³/mol. The minimum absolute atomic E-state index is 0.442. The molecule has 0 radical (unpaired) electrons. The smallest absolute Gasteiger partial charge is 0.0619 e. The molecule has 280 valence electrons. The Morgan fingerprint density at radius 3 is 1.05 bits per heavy atom. The van der Waals surface area contributed by atoms with Crippen LogP contribution in [0.4, 0.5) is 0 Å². The second-order valence-electron chi connectivity index (χ2n) is 17.1. The first-order valence-corrected chi connectivity index (χ1v) is 21.4. The molecule has 2 aliphatic carbocycles. The summed E-state index contributed by atoms with van der Waals surface area (Å²) >= 11 is 0. The summed E-state index contributed by atoms with van der Waals surface area (Å²) < 4.78 is 0. The molecule has 0 unspecified atom stereocenters. The average molecular weight is 769 g/mol. The zero-order valence-corrected chi connectivity index (χ0v) is 33.3. The lowest BCUT2D eigenvalue weighted by molar-refractivity contribution is 0.795. The first kappa shape index (κ1) is 33.1. The Morgan fingerprint density at radius 2 is 0.574 bits per heavy atom. The van der Waals surface area contributed by atoms with E-state index in [9.17, 15) is 0 Å². The molecule has 0 saturated heterocycles. The van der Waals surface area contributed by atoms with E-state index in [4.69, 9.17) is 0 Å². The van der Waals surface area contributed by atoms with Crippen molar-refractivity contribution in [3.05, 3.63) is 241 Å². The van der Waals surface area contributed by atoms with Gasteiger partial charge in [-0.25, -0.2) is 0 Å². The van der Waals surface area contributed by atoms with Gasteiger partial charge in [-0.3, -0.25) is 0 Å². The van der Waals surface area contributed by atoms with Gasteiger partial charge < -0.3 is 0 Å². The van der Waals surface area contributed by atoms with E-state index in [-0.39, 0.29) is 0 Å². The molecule has 0 heterocycles. The fourth-order valence-corrected chi connectivity index (χ4v) is 11.6. The molecular formula is C61H36. The highest BCUT2D eigenvalue weighted by molar-refractivity contribution is 6.23. The van der Waals surface area contributed by atoms with Crippen molar-refractivity contribution in [2.45, 2.75) is 5.41 Å². The summed E-state index contributed by atoms with van der Waals surface area (Å²) in [6.45, 7) is 0. The van der Waals surface area contributed by atoms with Crippen LogP contribution in [0.15, 0.2) is 218 Å². The van der Waals surface area contributed by atoms with Crippen LogP contribution in [0.3, 0.4) is 0 Å². The molecule has 0 heteroatoms. The van der Waals surface area contributed by atoms with E-state index in [0.717, 1.165) is 0 Å². The molecule has 0 saturated carbocycles. The summed E-state index contributed by atoms with van der Waals surface area (Å²) in [6.07, 6.45) is 0. The van der Waals surface area contributed by atoms with E-state index >= 15 is 0 Å². The Bertz CT molecular complexity index is 3840. The first-order chi connectivity index (χ1) is 30.2. The molecule has 0 aliphatic heterocycles. The third-order valence-corrected chi connectivity index (χ3v) is 14.1. The predicted octanol–water partition coefficient (Wildman–Crippen LogP) is 16.3. The number of hydrogen-bond donors (Lipinski definition) is 0. The van der Waals surface area contributed by atoms with E-state index in [1.165, 1.54) is 131 Å². The van der Waals surface area contributed by atoms with Gasteiger partial charge in [0.15, 0.2) is 0 Å². The van der Waals surface area contributed by atoms with Crippen LogP contribution in [-0.4, -0.2) is 0 Å². The van der Waals surface area contributed by atoms with Gasteiger partial charge in [-0.1, -0.05) is 170 Å². The van der Waals surface area contributed by atoms with Gasteiger partial charge in [0.2, 0.25) is 0 Å². The van der Waals surface area contributed by atoms with Crippen molar-refractivity contribution in [1.82, 2.24) is 0 Å². The monoisotopic (exact) mass is 768 g/mol. The van der Waals surface area contributed by atoms with Gasteiger partial charge in [0.05, 0.1) is 5.41 Å². The molecule has 2 aliphatic rings. The lowest BCUT2D eigenvalue weighted by Crippen LogP contribution is -2.25. The minimum Gasteiger partial charge on any atom is -0.0619 e. The summed E-state index contributed by atoms with van der Waals surface area (Å²) in [5.74, 6) is 0. The Kier molecular flexibility index (Phi) is 6.58. The van der Waals surface area contributed by atoms with E-state index in [1.54, 1.807) is 0 Å². The quantitative estimate of drug-likeness (QED) is 0.154. The van der Waals surface area contributed by atoms with Crippen LogP contribution in [0.5, 0.6) is 0 Å². The van der Waals surface area contributed by atoms with Gasteiger partial charge in [-0.05, 0) is 180 Å². The Hall–Kier alpha value is -7.80. The molecule has 0 nitrogen and oxygen atoms in total. The number of fused-ring (bicyclic) bond motifs is 16. The lowest BCUT2D eigenvalue weighted by Gasteiger charge is -2.31. The van der Waals surface area contributed by atoms with Gasteiger partial charge in [-0.15, -0.1) is 0 Å². The van der Waals surface area contributed by atoms with Crippen LogP contribution >= 0.6 is 0 Å². The zero-order chi connectivity index (χ0) is 39.8. The van der Waals surface area contributed by atoms with Crippen molar-refractivity contribution < 1.29 is 0 Å². The standard InChI is InChI=1S/C61H36/c1-3-15-39-31-45-33-43(27-25-41(45)29-37(39)13-1)59-50-20-5-6-21-51(50)60(44-28-26-42-30-38-14-2-4-16-40(38)32-46(42)34-44)54-36-58-52(35-53(54)59)49-19-9-12-24-57(49)61(58)55-22-10-7-17-47(55)48-18-8-11-23-56(48)61/h1-36H.